The fourth-order valence-electron chi connectivity index (χ4n) is 1.13. The Bertz CT molecular complexity index is 364. The molecule has 60 valence electrons. The van der Waals surface area contributed by atoms with Crippen molar-refractivity contribution in [3.8, 4) is 11.1 Å². The van der Waals surface area contributed by atoms with E-state index in [1.165, 1.54) is 11.1 Å². The summed E-state index contributed by atoms with van der Waals surface area (Å²) in [6, 6.07) is 12.2. The Morgan fingerprint density at radius 2 is 1.75 bits per heavy atom. The van der Waals surface area contributed by atoms with Crippen LogP contribution < -0.4 is 5.73 Å². The minimum Gasteiger partial charge on any atom is -0.391 e. The zero-order chi connectivity index (χ0) is 8.39. The van der Waals surface area contributed by atoms with Crippen LogP contribution in [0.15, 0.2) is 41.8 Å². The number of anilines is 1. The quantitative estimate of drug-likeness (QED) is 0.708. The molecule has 2 aromatic rings. The molecule has 2 heteroatoms. The molecule has 1 nitrogen and oxygen atoms in total. The van der Waals surface area contributed by atoms with Gasteiger partial charge in [-0.2, -0.15) is 0 Å². The topological polar surface area (TPSA) is 26.0 Å². The number of hydrogen-bond donors (Lipinski definition) is 1. The molecule has 12 heavy (non-hydrogen) atoms. The highest BCUT2D eigenvalue weighted by molar-refractivity contribution is 7.14. The van der Waals surface area contributed by atoms with E-state index < -0.39 is 0 Å². The third-order valence-electron chi connectivity index (χ3n) is 1.73. The molecule has 0 amide bonds. The molecule has 0 saturated carbocycles. The van der Waals surface area contributed by atoms with Crippen molar-refractivity contribution in [3.63, 3.8) is 0 Å². The van der Waals surface area contributed by atoms with Gasteiger partial charge in [0.15, 0.2) is 0 Å². The van der Waals surface area contributed by atoms with Crippen molar-refractivity contribution in [1.82, 2.24) is 0 Å². The minimum absolute atomic E-state index is 0.869. The molecule has 0 bridgehead atoms. The van der Waals surface area contributed by atoms with E-state index >= 15 is 0 Å². The van der Waals surface area contributed by atoms with Crippen molar-refractivity contribution in [2.45, 2.75) is 0 Å². The van der Waals surface area contributed by atoms with Gasteiger partial charge in [-0.1, -0.05) is 30.3 Å². The summed E-state index contributed by atoms with van der Waals surface area (Å²) < 4.78 is 0. The van der Waals surface area contributed by atoms with Crippen LogP contribution in [-0.4, -0.2) is 0 Å². The van der Waals surface area contributed by atoms with Crippen LogP contribution in [0.3, 0.4) is 0 Å². The molecule has 1 heterocycles. The lowest BCUT2D eigenvalue weighted by molar-refractivity contribution is 1.68. The van der Waals surface area contributed by atoms with Gasteiger partial charge >= 0.3 is 0 Å². The van der Waals surface area contributed by atoms with Gasteiger partial charge in [0.25, 0.3) is 0 Å². The average molecular weight is 175 g/mol. The number of nitrogen functional groups attached to an aromatic ring is 1. The molecule has 0 radical (unpaired) electrons. The Morgan fingerprint density at radius 3 is 2.33 bits per heavy atom. The van der Waals surface area contributed by atoms with Crippen molar-refractivity contribution in [1.29, 1.82) is 0 Å². The molecule has 0 aliphatic carbocycles. The summed E-state index contributed by atoms with van der Waals surface area (Å²) in [6.45, 7) is 0. The largest absolute Gasteiger partial charge is 0.391 e. The van der Waals surface area contributed by atoms with Crippen LogP contribution in [0.1, 0.15) is 0 Å². The zero-order valence-electron chi connectivity index (χ0n) is 6.53. The third kappa shape index (κ3) is 1.34. The van der Waals surface area contributed by atoms with E-state index in [4.69, 9.17) is 5.73 Å². The van der Waals surface area contributed by atoms with E-state index in [0.717, 1.165) is 5.00 Å². The highest BCUT2D eigenvalue weighted by atomic mass is 32.1. The van der Waals surface area contributed by atoms with Crippen molar-refractivity contribution in [2.24, 2.45) is 0 Å². The van der Waals surface area contributed by atoms with Crippen LogP contribution in [-0.2, 0) is 0 Å². The van der Waals surface area contributed by atoms with Crippen molar-refractivity contribution >= 4 is 16.3 Å². The summed E-state index contributed by atoms with van der Waals surface area (Å²) in [4.78, 5) is 0. The first-order valence-corrected chi connectivity index (χ1v) is 4.63. The highest BCUT2D eigenvalue weighted by Crippen LogP contribution is 2.26. The van der Waals surface area contributed by atoms with E-state index in [1.807, 2.05) is 24.3 Å². The summed E-state index contributed by atoms with van der Waals surface area (Å²) in [5, 5.41) is 2.94. The summed E-state index contributed by atoms with van der Waals surface area (Å²) in [6.07, 6.45) is 0. The van der Waals surface area contributed by atoms with Gasteiger partial charge in [-0.15, -0.1) is 11.3 Å². The van der Waals surface area contributed by atoms with E-state index in [1.54, 1.807) is 11.3 Å². The van der Waals surface area contributed by atoms with Crippen LogP contribution in [0.4, 0.5) is 5.00 Å². The van der Waals surface area contributed by atoms with E-state index in [0.29, 0.717) is 0 Å². The molecule has 2 N–H and O–H groups in total. The predicted molar refractivity (Wildman–Crippen MR) is 54.2 cm³/mol. The fourth-order valence-corrected chi connectivity index (χ4v) is 1.80. The number of thiophene rings is 1. The Labute approximate surface area is 75.5 Å². The lowest BCUT2D eigenvalue weighted by atomic mass is 10.1. The van der Waals surface area contributed by atoms with Crippen molar-refractivity contribution in [2.75, 3.05) is 5.73 Å². The van der Waals surface area contributed by atoms with Crippen LogP contribution in [0.5, 0.6) is 0 Å². The second-order valence-electron chi connectivity index (χ2n) is 2.60. The van der Waals surface area contributed by atoms with Gasteiger partial charge in [0, 0.05) is 5.38 Å². The van der Waals surface area contributed by atoms with Crippen LogP contribution in [0.2, 0.25) is 0 Å². The standard InChI is InChI=1S/C10H9NS/c11-10-6-9(7-12-10)8-4-2-1-3-5-8/h1-7H,11H2. The van der Waals surface area contributed by atoms with Gasteiger partial charge in [-0.05, 0) is 17.2 Å². The predicted octanol–water partition coefficient (Wildman–Crippen LogP) is 3.00. The average Bonchev–Trinajstić information content (AvgIpc) is 2.54. The molecule has 2 rings (SSSR count). The third-order valence-corrected chi connectivity index (χ3v) is 2.49. The summed E-state index contributed by atoms with van der Waals surface area (Å²) in [5.74, 6) is 0. The smallest absolute Gasteiger partial charge is 0.0862 e. The first-order chi connectivity index (χ1) is 5.86. The molecule has 1 aromatic heterocycles. The van der Waals surface area contributed by atoms with E-state index in [-0.39, 0.29) is 0 Å². The molecule has 1 aromatic carbocycles. The normalized spacial score (nSPS) is 10.0. The highest BCUT2D eigenvalue weighted by Gasteiger charge is 1.97. The van der Waals surface area contributed by atoms with E-state index in [2.05, 4.69) is 17.5 Å². The van der Waals surface area contributed by atoms with Crippen LogP contribution in [0.25, 0.3) is 11.1 Å². The van der Waals surface area contributed by atoms with Crippen molar-refractivity contribution in [3.05, 3.63) is 41.8 Å². The maximum atomic E-state index is 5.63. The minimum atomic E-state index is 0.869. The Hall–Kier alpha value is -1.28. The zero-order valence-corrected chi connectivity index (χ0v) is 7.34. The van der Waals surface area contributed by atoms with E-state index in [9.17, 15) is 0 Å². The first kappa shape index (κ1) is 7.37. The maximum Gasteiger partial charge on any atom is 0.0862 e. The van der Waals surface area contributed by atoms with Gasteiger partial charge in [0.1, 0.15) is 0 Å². The second-order valence-corrected chi connectivity index (χ2v) is 3.55. The second kappa shape index (κ2) is 2.99. The summed E-state index contributed by atoms with van der Waals surface area (Å²) in [7, 11) is 0. The summed E-state index contributed by atoms with van der Waals surface area (Å²) in [5.41, 5.74) is 8.07. The van der Waals surface area contributed by atoms with Crippen LogP contribution >= 0.6 is 11.3 Å². The Morgan fingerprint density at radius 1 is 1.00 bits per heavy atom. The van der Waals surface area contributed by atoms with Gasteiger partial charge < -0.3 is 5.73 Å². The van der Waals surface area contributed by atoms with Gasteiger partial charge in [-0.3, -0.25) is 0 Å². The number of benzene rings is 1. The summed E-state index contributed by atoms with van der Waals surface area (Å²) >= 11 is 1.58. The molecular formula is C10H9NS. The molecule has 0 atom stereocenters. The lowest BCUT2D eigenvalue weighted by Gasteiger charge is -1.93. The Balaban J connectivity index is 2.45. The monoisotopic (exact) mass is 175 g/mol. The SMILES string of the molecule is Nc1cc(-c2ccccc2)cs1. The molecule has 0 fully saturated rings. The van der Waals surface area contributed by atoms with Crippen LogP contribution in [0, 0.1) is 0 Å². The van der Waals surface area contributed by atoms with Gasteiger partial charge in [0.05, 0.1) is 5.00 Å². The molecule has 0 aliphatic heterocycles. The molecule has 0 aliphatic rings. The number of nitrogens with two attached hydrogens (primary N) is 1. The maximum absolute atomic E-state index is 5.63. The number of hydrogen-bond acceptors (Lipinski definition) is 2. The van der Waals surface area contributed by atoms with Crippen molar-refractivity contribution < 1.29 is 0 Å². The molecular weight excluding hydrogens is 166 g/mol. The fraction of sp³-hybridized carbons (Fsp3) is 0. The Kier molecular flexibility index (Phi) is 1.84. The first-order valence-electron chi connectivity index (χ1n) is 3.76. The number of rotatable bonds is 1. The molecule has 0 saturated heterocycles. The lowest BCUT2D eigenvalue weighted by Crippen LogP contribution is -1.75. The molecule has 0 unspecified atom stereocenters. The van der Waals surface area contributed by atoms with Gasteiger partial charge in [0.2, 0.25) is 0 Å². The van der Waals surface area contributed by atoms with Gasteiger partial charge in [-0.25, -0.2) is 0 Å². The molecule has 0 spiro atoms.